The monoisotopic (exact) mass is 119 g/mol. The Bertz CT molecular complexity index is 83.4. The fourth-order valence-electron chi connectivity index (χ4n) is 0.297. The third-order valence-corrected chi connectivity index (χ3v) is 0.648. The second-order valence-electron chi connectivity index (χ2n) is 1.51. The first-order valence-electron chi connectivity index (χ1n) is 2.24. The molecule has 48 valence electrons. The third-order valence-electron chi connectivity index (χ3n) is 0.648. The molecule has 0 rings (SSSR count). The van der Waals surface area contributed by atoms with Crippen molar-refractivity contribution in [3.8, 4) is 0 Å². The molecule has 1 atom stereocenters. The van der Waals surface area contributed by atoms with Crippen LogP contribution in [0.15, 0.2) is 0 Å². The maximum Gasteiger partial charge on any atom is 0.220 e. The Morgan fingerprint density at radius 2 is 2.25 bits per heavy atom. The Morgan fingerprint density at radius 3 is 2.38 bits per heavy atom. The molecule has 0 fully saturated rings. The molecule has 0 aliphatic rings. The molecule has 0 aromatic carbocycles. The number of hydrogen-bond donors (Lipinski definition) is 3. The average Bonchev–Trinajstić information content (AvgIpc) is 1.65. The van der Waals surface area contributed by atoms with Crippen molar-refractivity contribution in [2.24, 2.45) is 5.73 Å². The maximum absolute atomic E-state index is 9.92. The van der Waals surface area contributed by atoms with Crippen molar-refractivity contribution >= 4 is 5.91 Å². The number of aliphatic hydroxyl groups excluding tert-OH is 2. The van der Waals surface area contributed by atoms with Crippen molar-refractivity contribution in [2.75, 3.05) is 6.61 Å². The lowest BCUT2D eigenvalue weighted by Gasteiger charge is -2.00. The van der Waals surface area contributed by atoms with Crippen LogP contribution in [0.4, 0.5) is 0 Å². The van der Waals surface area contributed by atoms with E-state index < -0.39 is 18.6 Å². The smallest absolute Gasteiger partial charge is 0.220 e. The zero-order chi connectivity index (χ0) is 6.57. The van der Waals surface area contributed by atoms with Crippen LogP contribution in [0.1, 0.15) is 6.42 Å². The highest BCUT2D eigenvalue weighted by Gasteiger charge is 2.03. The molecule has 4 nitrogen and oxygen atoms in total. The summed E-state index contributed by atoms with van der Waals surface area (Å²) in [7, 11) is 0. The van der Waals surface area contributed by atoms with Crippen molar-refractivity contribution in [1.29, 1.82) is 0 Å². The van der Waals surface area contributed by atoms with Crippen LogP contribution in [-0.4, -0.2) is 28.8 Å². The average molecular weight is 119 g/mol. The Kier molecular flexibility index (Phi) is 3.14. The largest absolute Gasteiger partial charge is 0.394 e. The fourth-order valence-corrected chi connectivity index (χ4v) is 0.297. The number of rotatable bonds is 3. The summed E-state index contributed by atoms with van der Waals surface area (Å²) in [5.41, 5.74) is 4.66. The Hall–Kier alpha value is -0.610. The number of carbonyl (C=O) groups is 1. The van der Waals surface area contributed by atoms with E-state index in [1.54, 1.807) is 0 Å². The van der Waals surface area contributed by atoms with Gasteiger partial charge >= 0.3 is 0 Å². The summed E-state index contributed by atoms with van der Waals surface area (Å²) < 4.78 is 0. The highest BCUT2D eigenvalue weighted by molar-refractivity contribution is 5.74. The number of nitrogens with two attached hydrogens (primary N) is 1. The summed E-state index contributed by atoms with van der Waals surface area (Å²) in [6, 6.07) is 0. The minimum Gasteiger partial charge on any atom is -0.394 e. The molecule has 0 aliphatic carbocycles. The third kappa shape index (κ3) is 3.58. The van der Waals surface area contributed by atoms with Gasteiger partial charge in [0.2, 0.25) is 5.91 Å². The van der Waals surface area contributed by atoms with Crippen LogP contribution >= 0.6 is 0 Å². The summed E-state index contributed by atoms with van der Waals surface area (Å²) in [6.45, 7) is -0.414. The first-order chi connectivity index (χ1) is 3.66. The van der Waals surface area contributed by atoms with E-state index in [9.17, 15) is 4.79 Å². The molecular formula is C4H9NO3. The van der Waals surface area contributed by atoms with Crippen molar-refractivity contribution in [2.45, 2.75) is 12.5 Å². The highest BCUT2D eigenvalue weighted by Crippen LogP contribution is 1.85. The second kappa shape index (κ2) is 3.40. The van der Waals surface area contributed by atoms with Crippen LogP contribution in [0.25, 0.3) is 0 Å². The predicted molar refractivity (Wildman–Crippen MR) is 26.9 cm³/mol. The van der Waals surface area contributed by atoms with E-state index in [0.29, 0.717) is 0 Å². The molecular weight excluding hydrogens is 110 g/mol. The van der Waals surface area contributed by atoms with E-state index in [1.807, 2.05) is 0 Å². The van der Waals surface area contributed by atoms with Gasteiger partial charge in [0.15, 0.2) is 0 Å². The summed E-state index contributed by atoms with van der Waals surface area (Å²) >= 11 is 0. The SMILES string of the molecule is NC(=O)C[C@@H](O)CO. The Balaban J connectivity index is 3.24. The molecule has 0 saturated heterocycles. The molecule has 0 saturated carbocycles. The van der Waals surface area contributed by atoms with Crippen molar-refractivity contribution in [3.05, 3.63) is 0 Å². The van der Waals surface area contributed by atoms with Crippen LogP contribution in [0.5, 0.6) is 0 Å². The van der Waals surface area contributed by atoms with Gasteiger partial charge in [0.05, 0.1) is 19.1 Å². The molecule has 0 bridgehead atoms. The van der Waals surface area contributed by atoms with E-state index >= 15 is 0 Å². The van der Waals surface area contributed by atoms with Gasteiger partial charge in [0, 0.05) is 0 Å². The van der Waals surface area contributed by atoms with E-state index in [0.717, 1.165) is 0 Å². The lowest BCUT2D eigenvalue weighted by molar-refractivity contribution is -0.120. The van der Waals surface area contributed by atoms with Gasteiger partial charge in [-0.2, -0.15) is 0 Å². The van der Waals surface area contributed by atoms with E-state index in [1.165, 1.54) is 0 Å². The quantitative estimate of drug-likeness (QED) is 0.410. The number of aliphatic hydroxyl groups is 2. The van der Waals surface area contributed by atoms with Gasteiger partial charge in [0.25, 0.3) is 0 Å². The van der Waals surface area contributed by atoms with Crippen molar-refractivity contribution in [3.63, 3.8) is 0 Å². The lowest BCUT2D eigenvalue weighted by atomic mass is 10.3. The predicted octanol–water partition coefficient (Wildman–Crippen LogP) is -1.79. The van der Waals surface area contributed by atoms with Crippen LogP contribution in [0, 0.1) is 0 Å². The molecule has 4 heteroatoms. The molecule has 0 unspecified atom stereocenters. The zero-order valence-electron chi connectivity index (χ0n) is 4.37. The summed E-state index contributed by atoms with van der Waals surface area (Å²) in [4.78, 5) is 9.92. The van der Waals surface area contributed by atoms with Crippen LogP contribution in [-0.2, 0) is 4.79 Å². The van der Waals surface area contributed by atoms with Crippen molar-refractivity contribution in [1.82, 2.24) is 0 Å². The van der Waals surface area contributed by atoms with Gasteiger partial charge in [-0.3, -0.25) is 4.79 Å². The number of carbonyl (C=O) groups excluding carboxylic acids is 1. The van der Waals surface area contributed by atoms with Crippen molar-refractivity contribution < 1.29 is 15.0 Å². The van der Waals surface area contributed by atoms with E-state index in [2.05, 4.69) is 5.73 Å². The normalized spacial score (nSPS) is 13.2. The van der Waals surface area contributed by atoms with Crippen LogP contribution in [0.3, 0.4) is 0 Å². The zero-order valence-corrected chi connectivity index (χ0v) is 4.37. The summed E-state index contributed by atoms with van der Waals surface area (Å²) in [5, 5.41) is 16.6. The molecule has 0 aromatic heterocycles. The number of primary amides is 1. The molecule has 0 aromatic rings. The second-order valence-corrected chi connectivity index (χ2v) is 1.51. The van der Waals surface area contributed by atoms with E-state index in [-0.39, 0.29) is 6.42 Å². The number of hydrogen-bond acceptors (Lipinski definition) is 3. The van der Waals surface area contributed by atoms with Crippen LogP contribution < -0.4 is 5.73 Å². The van der Waals surface area contributed by atoms with Gasteiger partial charge < -0.3 is 15.9 Å². The molecule has 1 amide bonds. The molecule has 0 radical (unpaired) electrons. The summed E-state index contributed by atoms with van der Waals surface area (Å²) in [6.07, 6.45) is -1.16. The molecule has 0 aliphatic heterocycles. The topological polar surface area (TPSA) is 83.6 Å². The molecule has 0 spiro atoms. The Morgan fingerprint density at radius 1 is 1.75 bits per heavy atom. The molecule has 8 heavy (non-hydrogen) atoms. The fraction of sp³-hybridized carbons (Fsp3) is 0.750. The Labute approximate surface area is 46.9 Å². The standard InChI is InChI=1S/C4H9NO3/c5-4(8)1-3(7)2-6/h3,6-7H,1-2H2,(H2,5,8)/t3-/m1/s1. The maximum atomic E-state index is 9.92. The first-order valence-corrected chi connectivity index (χ1v) is 2.24. The van der Waals surface area contributed by atoms with Gasteiger partial charge in [-0.05, 0) is 0 Å². The molecule has 0 heterocycles. The van der Waals surface area contributed by atoms with Gasteiger partial charge in [-0.15, -0.1) is 0 Å². The lowest BCUT2D eigenvalue weighted by Crippen LogP contribution is -2.22. The summed E-state index contributed by atoms with van der Waals surface area (Å²) in [5.74, 6) is -0.605. The minimum absolute atomic E-state index is 0.170. The van der Waals surface area contributed by atoms with Gasteiger partial charge in [-0.1, -0.05) is 0 Å². The van der Waals surface area contributed by atoms with Gasteiger partial charge in [0.1, 0.15) is 0 Å². The van der Waals surface area contributed by atoms with Crippen LogP contribution in [0.2, 0.25) is 0 Å². The minimum atomic E-state index is -0.993. The number of amides is 1. The highest BCUT2D eigenvalue weighted by atomic mass is 16.3. The first kappa shape index (κ1) is 7.39. The van der Waals surface area contributed by atoms with Gasteiger partial charge in [-0.25, -0.2) is 0 Å². The molecule has 4 N–H and O–H groups in total. The van der Waals surface area contributed by atoms with E-state index in [4.69, 9.17) is 10.2 Å².